The fraction of sp³-hybridized carbons (Fsp3) is 0.258. The molecule has 2 heterocycles. The van der Waals surface area contributed by atoms with Crippen LogP contribution in [0.4, 0.5) is 0 Å². The Balaban J connectivity index is 1.60. The number of esters is 1. The number of benzene rings is 3. The molecule has 1 aliphatic heterocycles. The maximum absolute atomic E-state index is 11.7. The first-order valence-electron chi connectivity index (χ1n) is 12.9. The van der Waals surface area contributed by atoms with Crippen molar-refractivity contribution in [1.82, 2.24) is 19.9 Å². The molecule has 0 saturated carbocycles. The molecule has 1 saturated heterocycles. The molecule has 1 aromatic heterocycles. The van der Waals surface area contributed by atoms with Gasteiger partial charge in [0.2, 0.25) is 0 Å². The minimum absolute atomic E-state index is 0.198. The van der Waals surface area contributed by atoms with E-state index in [1.54, 1.807) is 10.9 Å². The molecule has 1 N–H and O–H groups in total. The van der Waals surface area contributed by atoms with E-state index in [9.17, 15) is 9.90 Å². The average Bonchev–Trinajstić information content (AvgIpc) is 3.42. The largest absolute Gasteiger partial charge is 0.469 e. The first-order valence-corrected chi connectivity index (χ1v) is 12.9. The maximum atomic E-state index is 11.7. The van der Waals surface area contributed by atoms with E-state index < -0.39 is 11.6 Å². The third kappa shape index (κ3) is 5.03. The second-order valence-corrected chi connectivity index (χ2v) is 9.46. The van der Waals surface area contributed by atoms with Gasteiger partial charge in [0.1, 0.15) is 0 Å². The van der Waals surface area contributed by atoms with E-state index in [1.165, 1.54) is 7.11 Å². The molecule has 0 radical (unpaired) electrons. The number of likely N-dealkylation sites (tertiary alicyclic amines) is 1. The van der Waals surface area contributed by atoms with Crippen LogP contribution in [0.3, 0.4) is 0 Å². The standard InChI is InChI=1S/C31H32N4O3/c1-38-30(37)18-20-35-28(22-32-33-35)21-24-23-34(19-17-29(24)36)31(25-11-5-2-6-12-25,26-13-7-3-8-14-26)27-15-9-4-10-16-27/h2-16,21-22,29,36H,17-20,23H2,1H3. The highest BCUT2D eigenvalue weighted by Gasteiger charge is 2.44. The number of hydrogen-bond acceptors (Lipinski definition) is 6. The molecule has 4 aromatic rings. The summed E-state index contributed by atoms with van der Waals surface area (Å²) in [4.78, 5) is 14.1. The third-order valence-electron chi connectivity index (χ3n) is 7.26. The summed E-state index contributed by atoms with van der Waals surface area (Å²) < 4.78 is 6.45. The quantitative estimate of drug-likeness (QED) is 0.283. The molecule has 1 fully saturated rings. The Morgan fingerprint density at radius 3 is 2.05 bits per heavy atom. The van der Waals surface area contributed by atoms with Crippen molar-refractivity contribution in [1.29, 1.82) is 0 Å². The van der Waals surface area contributed by atoms with Crippen molar-refractivity contribution in [3.05, 3.63) is 125 Å². The number of hydrogen-bond donors (Lipinski definition) is 1. The van der Waals surface area contributed by atoms with Gasteiger partial charge in [0, 0.05) is 13.1 Å². The van der Waals surface area contributed by atoms with Gasteiger partial charge in [-0.25, -0.2) is 4.68 Å². The van der Waals surface area contributed by atoms with Crippen molar-refractivity contribution in [3.63, 3.8) is 0 Å². The SMILES string of the molecule is COC(=O)CCn1nncc1C=C1CN(C(c2ccccc2)(c2ccccc2)c2ccccc2)CCC1O. The summed E-state index contributed by atoms with van der Waals surface area (Å²) in [6.07, 6.45) is 3.82. The van der Waals surface area contributed by atoms with Gasteiger partial charge in [-0.15, -0.1) is 5.10 Å². The van der Waals surface area contributed by atoms with Crippen molar-refractivity contribution in [2.24, 2.45) is 0 Å². The van der Waals surface area contributed by atoms with Crippen molar-refractivity contribution in [2.45, 2.75) is 31.0 Å². The Labute approximate surface area is 223 Å². The van der Waals surface area contributed by atoms with E-state index in [1.807, 2.05) is 24.3 Å². The summed E-state index contributed by atoms with van der Waals surface area (Å²) in [5, 5.41) is 19.3. The first kappa shape index (κ1) is 25.6. The summed E-state index contributed by atoms with van der Waals surface area (Å²) in [5.74, 6) is -0.304. The van der Waals surface area contributed by atoms with Crippen molar-refractivity contribution in [2.75, 3.05) is 20.2 Å². The van der Waals surface area contributed by atoms with E-state index >= 15 is 0 Å². The second kappa shape index (κ2) is 11.5. The van der Waals surface area contributed by atoms with Gasteiger partial charge >= 0.3 is 5.97 Å². The van der Waals surface area contributed by atoms with Gasteiger partial charge in [0.25, 0.3) is 0 Å². The van der Waals surface area contributed by atoms with E-state index in [0.717, 1.165) is 28.0 Å². The predicted molar refractivity (Wildman–Crippen MR) is 146 cm³/mol. The van der Waals surface area contributed by atoms with Crippen LogP contribution in [0, 0.1) is 0 Å². The molecular weight excluding hydrogens is 476 g/mol. The van der Waals surface area contributed by atoms with E-state index in [2.05, 4.69) is 88.0 Å². The molecule has 5 rings (SSSR count). The fourth-order valence-electron chi connectivity index (χ4n) is 5.42. The van der Waals surface area contributed by atoms with Crippen molar-refractivity contribution < 1.29 is 14.6 Å². The lowest BCUT2D eigenvalue weighted by Crippen LogP contribution is -2.52. The van der Waals surface area contributed by atoms with Gasteiger partial charge in [-0.05, 0) is 34.8 Å². The zero-order chi connectivity index (χ0) is 26.4. The zero-order valence-electron chi connectivity index (χ0n) is 21.5. The number of carbonyl (C=O) groups excluding carboxylic acids is 1. The lowest BCUT2D eigenvalue weighted by atomic mass is 9.74. The fourth-order valence-corrected chi connectivity index (χ4v) is 5.42. The number of aryl methyl sites for hydroxylation is 1. The Hall–Kier alpha value is -4.07. The zero-order valence-corrected chi connectivity index (χ0v) is 21.5. The molecule has 194 valence electrons. The summed E-state index contributed by atoms with van der Waals surface area (Å²) in [6.45, 7) is 1.60. The van der Waals surface area contributed by atoms with Crippen LogP contribution in [0.1, 0.15) is 35.2 Å². The molecule has 1 aliphatic rings. The molecule has 0 amide bonds. The van der Waals surface area contributed by atoms with Crippen molar-refractivity contribution in [3.8, 4) is 0 Å². The first-order chi connectivity index (χ1) is 18.6. The van der Waals surface area contributed by atoms with Crippen LogP contribution >= 0.6 is 0 Å². The van der Waals surface area contributed by atoms with E-state index in [4.69, 9.17) is 4.74 Å². The monoisotopic (exact) mass is 508 g/mol. The topological polar surface area (TPSA) is 80.5 Å². The number of aliphatic hydroxyl groups is 1. The summed E-state index contributed by atoms with van der Waals surface area (Å²) in [6, 6.07) is 31.7. The molecule has 3 aromatic carbocycles. The number of methoxy groups -OCH3 is 1. The molecule has 0 bridgehead atoms. The van der Waals surface area contributed by atoms with E-state index in [0.29, 0.717) is 26.1 Å². The van der Waals surface area contributed by atoms with Gasteiger partial charge in [0.15, 0.2) is 0 Å². The number of nitrogens with zero attached hydrogens (tertiary/aromatic N) is 4. The number of rotatable bonds is 8. The van der Waals surface area contributed by atoms with Gasteiger partial charge in [0.05, 0.1) is 43.6 Å². The predicted octanol–water partition coefficient (Wildman–Crippen LogP) is 4.28. The molecule has 0 aliphatic carbocycles. The molecule has 7 heteroatoms. The second-order valence-electron chi connectivity index (χ2n) is 9.46. The average molecular weight is 509 g/mol. The van der Waals surface area contributed by atoms with Crippen LogP contribution < -0.4 is 0 Å². The van der Waals surface area contributed by atoms with Crippen LogP contribution in [0.5, 0.6) is 0 Å². The number of piperidine rings is 1. The van der Waals surface area contributed by atoms with Crippen molar-refractivity contribution >= 4 is 12.0 Å². The Kier molecular flexibility index (Phi) is 7.77. The highest BCUT2D eigenvalue weighted by atomic mass is 16.5. The minimum Gasteiger partial charge on any atom is -0.469 e. The van der Waals surface area contributed by atoms with Crippen LogP contribution in [-0.2, 0) is 21.6 Å². The Bertz CT molecular complexity index is 1270. The molecule has 38 heavy (non-hydrogen) atoms. The highest BCUT2D eigenvalue weighted by molar-refractivity contribution is 5.69. The van der Waals surface area contributed by atoms with Gasteiger partial charge in [-0.2, -0.15) is 0 Å². The molecule has 7 nitrogen and oxygen atoms in total. The molecular formula is C31H32N4O3. The van der Waals surface area contributed by atoms with Gasteiger partial charge in [-0.1, -0.05) is 96.2 Å². The van der Waals surface area contributed by atoms with Crippen LogP contribution in [0.25, 0.3) is 6.08 Å². The summed E-state index contributed by atoms with van der Waals surface area (Å²) in [7, 11) is 1.37. The van der Waals surface area contributed by atoms with Crippen LogP contribution in [0.15, 0.2) is 103 Å². The number of carbonyl (C=O) groups is 1. The lowest BCUT2D eigenvalue weighted by Gasteiger charge is -2.48. The van der Waals surface area contributed by atoms with Crippen LogP contribution in [-0.4, -0.2) is 57.3 Å². The third-order valence-corrected chi connectivity index (χ3v) is 7.26. The minimum atomic E-state index is -0.588. The van der Waals surface area contributed by atoms with E-state index in [-0.39, 0.29) is 12.4 Å². The number of aromatic nitrogens is 3. The number of aliphatic hydroxyl groups excluding tert-OH is 1. The van der Waals surface area contributed by atoms with Crippen LogP contribution in [0.2, 0.25) is 0 Å². The molecule has 1 atom stereocenters. The maximum Gasteiger partial charge on any atom is 0.307 e. The Morgan fingerprint density at radius 2 is 1.53 bits per heavy atom. The summed E-state index contributed by atoms with van der Waals surface area (Å²) in [5.41, 5.74) is 4.56. The highest BCUT2D eigenvalue weighted by Crippen LogP contribution is 2.44. The number of ether oxygens (including phenoxy) is 1. The van der Waals surface area contributed by atoms with Gasteiger partial charge in [-0.3, -0.25) is 9.69 Å². The molecule has 1 unspecified atom stereocenters. The normalized spacial score (nSPS) is 17.4. The lowest BCUT2D eigenvalue weighted by molar-refractivity contribution is -0.140. The van der Waals surface area contributed by atoms with Gasteiger partial charge < -0.3 is 9.84 Å². The molecule has 0 spiro atoms. The smallest absolute Gasteiger partial charge is 0.307 e. The summed E-state index contributed by atoms with van der Waals surface area (Å²) >= 11 is 0. The Morgan fingerprint density at radius 1 is 0.974 bits per heavy atom.